The van der Waals surface area contributed by atoms with Crippen LogP contribution in [-0.4, -0.2) is 31.4 Å². The van der Waals surface area contributed by atoms with Crippen molar-refractivity contribution in [3.63, 3.8) is 0 Å². The summed E-state index contributed by atoms with van der Waals surface area (Å²) in [6, 6.07) is 9.99. The number of methoxy groups -OCH3 is 1. The van der Waals surface area contributed by atoms with E-state index < -0.39 is 5.97 Å². The van der Waals surface area contributed by atoms with Crippen LogP contribution < -0.4 is 10.1 Å². The van der Waals surface area contributed by atoms with Crippen molar-refractivity contribution < 1.29 is 23.9 Å². The standard InChI is InChI=1S/C20H18ClNO5/c1-26-18-6-4-15(21)9-14(18)10-20(25)27-11-17(23)13-2-5-16-12(8-13)3-7-19(24)22-16/h2,4-6,8-9H,3,7,10-11H2,1H3,(H,22,24). The largest absolute Gasteiger partial charge is 0.496 e. The number of Topliss-reactive ketones (excluding diaryl/α,β-unsaturated/α-hetero) is 1. The van der Waals surface area contributed by atoms with Gasteiger partial charge in [0.2, 0.25) is 5.91 Å². The molecular formula is C20H18ClNO5. The van der Waals surface area contributed by atoms with Crippen LogP contribution in [0.4, 0.5) is 5.69 Å². The molecule has 0 unspecified atom stereocenters. The maximum atomic E-state index is 12.3. The highest BCUT2D eigenvalue weighted by Gasteiger charge is 2.18. The number of rotatable bonds is 6. The first-order chi connectivity index (χ1) is 13.0. The molecule has 0 aromatic heterocycles. The molecule has 0 saturated carbocycles. The number of halogens is 1. The molecule has 2 aromatic rings. The van der Waals surface area contributed by atoms with Gasteiger partial charge in [0.15, 0.2) is 12.4 Å². The van der Waals surface area contributed by atoms with E-state index >= 15 is 0 Å². The van der Waals surface area contributed by atoms with E-state index in [2.05, 4.69) is 5.32 Å². The van der Waals surface area contributed by atoms with E-state index in [1.165, 1.54) is 7.11 Å². The Morgan fingerprint density at radius 2 is 1.96 bits per heavy atom. The van der Waals surface area contributed by atoms with Gasteiger partial charge in [-0.2, -0.15) is 0 Å². The summed E-state index contributed by atoms with van der Waals surface area (Å²) in [5.74, 6) is -0.360. The molecule has 0 radical (unpaired) electrons. The number of esters is 1. The zero-order valence-corrected chi connectivity index (χ0v) is 15.5. The van der Waals surface area contributed by atoms with Crippen molar-refractivity contribution in [1.82, 2.24) is 0 Å². The Kier molecular flexibility index (Phi) is 5.76. The average Bonchev–Trinajstić information content (AvgIpc) is 2.66. The van der Waals surface area contributed by atoms with Crippen molar-refractivity contribution in [3.8, 4) is 5.75 Å². The fourth-order valence-electron chi connectivity index (χ4n) is 2.88. The number of carbonyl (C=O) groups is 3. The maximum Gasteiger partial charge on any atom is 0.310 e. The maximum absolute atomic E-state index is 12.3. The number of ketones is 1. The molecule has 1 amide bonds. The number of aryl methyl sites for hydroxylation is 1. The molecule has 7 heteroatoms. The highest BCUT2D eigenvalue weighted by molar-refractivity contribution is 6.30. The molecule has 140 valence electrons. The number of hydrogen-bond donors (Lipinski definition) is 1. The summed E-state index contributed by atoms with van der Waals surface area (Å²) in [5.41, 5.74) is 2.65. The van der Waals surface area contributed by atoms with Crippen molar-refractivity contribution >= 4 is 34.9 Å². The summed E-state index contributed by atoms with van der Waals surface area (Å²) in [4.78, 5) is 35.8. The normalized spacial score (nSPS) is 12.7. The number of nitrogens with one attached hydrogen (secondary N) is 1. The van der Waals surface area contributed by atoms with Gasteiger partial charge in [0.25, 0.3) is 0 Å². The van der Waals surface area contributed by atoms with Crippen LogP contribution >= 0.6 is 11.6 Å². The number of benzene rings is 2. The molecule has 1 heterocycles. The lowest BCUT2D eigenvalue weighted by Crippen LogP contribution is -2.20. The van der Waals surface area contributed by atoms with E-state index in [0.29, 0.717) is 40.4 Å². The molecule has 1 N–H and O–H groups in total. The third-order valence-corrected chi connectivity index (χ3v) is 4.50. The molecule has 0 fully saturated rings. The number of hydrogen-bond acceptors (Lipinski definition) is 5. The molecule has 0 bridgehead atoms. The van der Waals surface area contributed by atoms with Gasteiger partial charge < -0.3 is 14.8 Å². The van der Waals surface area contributed by atoms with E-state index in [9.17, 15) is 14.4 Å². The van der Waals surface area contributed by atoms with Crippen molar-refractivity contribution in [2.75, 3.05) is 19.0 Å². The fraction of sp³-hybridized carbons (Fsp3) is 0.250. The van der Waals surface area contributed by atoms with Gasteiger partial charge in [0, 0.05) is 28.3 Å². The summed E-state index contributed by atoms with van der Waals surface area (Å²) in [6.07, 6.45) is 0.922. The summed E-state index contributed by atoms with van der Waals surface area (Å²) >= 11 is 5.94. The van der Waals surface area contributed by atoms with E-state index in [-0.39, 0.29) is 24.7 Å². The smallest absolute Gasteiger partial charge is 0.310 e. The first-order valence-electron chi connectivity index (χ1n) is 8.40. The summed E-state index contributed by atoms with van der Waals surface area (Å²) < 4.78 is 10.3. The molecule has 1 aliphatic heterocycles. The molecule has 0 atom stereocenters. The second-order valence-corrected chi connectivity index (χ2v) is 6.57. The summed E-state index contributed by atoms with van der Waals surface area (Å²) in [7, 11) is 1.50. The number of ether oxygens (including phenoxy) is 2. The Morgan fingerprint density at radius 3 is 2.74 bits per heavy atom. The first-order valence-corrected chi connectivity index (χ1v) is 8.78. The average molecular weight is 388 g/mol. The first kappa shape index (κ1) is 18.9. The summed E-state index contributed by atoms with van der Waals surface area (Å²) in [6.45, 7) is -0.354. The molecule has 1 aliphatic rings. The zero-order chi connectivity index (χ0) is 19.4. The van der Waals surface area contributed by atoms with Crippen LogP contribution in [0.2, 0.25) is 5.02 Å². The van der Waals surface area contributed by atoms with Gasteiger partial charge in [0.05, 0.1) is 13.5 Å². The van der Waals surface area contributed by atoms with Crippen LogP contribution in [0.25, 0.3) is 0 Å². The Morgan fingerprint density at radius 1 is 1.15 bits per heavy atom. The van der Waals surface area contributed by atoms with Crippen LogP contribution in [0.5, 0.6) is 5.75 Å². The molecule has 0 saturated heterocycles. The topological polar surface area (TPSA) is 81.7 Å². The third-order valence-electron chi connectivity index (χ3n) is 4.26. The minimum atomic E-state index is -0.547. The molecule has 6 nitrogen and oxygen atoms in total. The van der Waals surface area contributed by atoms with E-state index in [1.807, 2.05) is 0 Å². The van der Waals surface area contributed by atoms with Gasteiger partial charge in [-0.3, -0.25) is 14.4 Å². The molecule has 27 heavy (non-hydrogen) atoms. The van der Waals surface area contributed by atoms with E-state index in [4.69, 9.17) is 21.1 Å². The van der Waals surface area contributed by atoms with Crippen molar-refractivity contribution in [2.45, 2.75) is 19.3 Å². The van der Waals surface area contributed by atoms with Crippen LogP contribution in [0.1, 0.15) is 27.9 Å². The third kappa shape index (κ3) is 4.65. The molecule has 3 rings (SSSR count). The Labute approximate surface area is 161 Å². The van der Waals surface area contributed by atoms with Gasteiger partial charge in [-0.05, 0) is 48.4 Å². The lowest BCUT2D eigenvalue weighted by atomic mass is 9.99. The number of fused-ring (bicyclic) bond motifs is 1. The van der Waals surface area contributed by atoms with Gasteiger partial charge in [-0.1, -0.05) is 11.6 Å². The van der Waals surface area contributed by atoms with Crippen LogP contribution in [0.3, 0.4) is 0 Å². The predicted octanol–water partition coefficient (Wildman–Crippen LogP) is 3.20. The van der Waals surface area contributed by atoms with E-state index in [1.54, 1.807) is 36.4 Å². The number of carbonyl (C=O) groups excluding carboxylic acids is 3. The molecular weight excluding hydrogens is 370 g/mol. The number of anilines is 1. The van der Waals surface area contributed by atoms with Gasteiger partial charge in [-0.15, -0.1) is 0 Å². The second-order valence-electron chi connectivity index (χ2n) is 6.14. The highest BCUT2D eigenvalue weighted by atomic mass is 35.5. The zero-order valence-electron chi connectivity index (χ0n) is 14.7. The Hall–Kier alpha value is -2.86. The van der Waals surface area contributed by atoms with Crippen LogP contribution in [0, 0.1) is 0 Å². The van der Waals surface area contributed by atoms with Crippen LogP contribution in [0.15, 0.2) is 36.4 Å². The molecule has 0 aliphatic carbocycles. The van der Waals surface area contributed by atoms with Crippen molar-refractivity contribution in [2.24, 2.45) is 0 Å². The second kappa shape index (κ2) is 8.22. The van der Waals surface area contributed by atoms with Crippen LogP contribution in [-0.2, 0) is 27.2 Å². The van der Waals surface area contributed by atoms with Gasteiger partial charge >= 0.3 is 5.97 Å². The fourth-order valence-corrected chi connectivity index (χ4v) is 3.07. The van der Waals surface area contributed by atoms with E-state index in [0.717, 1.165) is 5.56 Å². The molecule has 2 aromatic carbocycles. The Balaban J connectivity index is 1.60. The Bertz CT molecular complexity index is 909. The predicted molar refractivity (Wildman–Crippen MR) is 100 cm³/mol. The van der Waals surface area contributed by atoms with Gasteiger partial charge in [-0.25, -0.2) is 0 Å². The summed E-state index contributed by atoms with van der Waals surface area (Å²) in [5, 5.41) is 3.24. The quantitative estimate of drug-likeness (QED) is 0.608. The SMILES string of the molecule is COc1ccc(Cl)cc1CC(=O)OCC(=O)c1ccc2c(c1)CCC(=O)N2. The van der Waals surface area contributed by atoms with Crippen molar-refractivity contribution in [1.29, 1.82) is 0 Å². The minimum Gasteiger partial charge on any atom is -0.496 e. The van der Waals surface area contributed by atoms with Crippen molar-refractivity contribution in [3.05, 3.63) is 58.1 Å². The number of amides is 1. The lowest BCUT2D eigenvalue weighted by molar-refractivity contribution is -0.141. The minimum absolute atomic E-state index is 0.0352. The molecule has 0 spiro atoms. The highest BCUT2D eigenvalue weighted by Crippen LogP contribution is 2.25. The van der Waals surface area contributed by atoms with Gasteiger partial charge in [0.1, 0.15) is 5.75 Å². The monoisotopic (exact) mass is 387 g/mol. The lowest BCUT2D eigenvalue weighted by Gasteiger charge is -2.17.